The number of benzene rings is 1. The number of rotatable bonds is 5. The van der Waals surface area contributed by atoms with Crippen molar-refractivity contribution in [3.05, 3.63) is 29.8 Å². The summed E-state index contributed by atoms with van der Waals surface area (Å²) in [6.45, 7) is 0. The summed E-state index contributed by atoms with van der Waals surface area (Å²) in [5.74, 6) is -0.237. The zero-order valence-electron chi connectivity index (χ0n) is 12.2. The average molecular weight is 312 g/mol. The number of hydroxylamine groups is 1. The lowest BCUT2D eigenvalue weighted by Gasteiger charge is -2.15. The molecule has 1 aliphatic carbocycles. The molecule has 1 aromatic carbocycles. The highest BCUT2D eigenvalue weighted by molar-refractivity contribution is 7.89. The van der Waals surface area contributed by atoms with Crippen molar-refractivity contribution in [1.29, 1.82) is 0 Å². The molecular formula is C14H20N2O4S. The van der Waals surface area contributed by atoms with Gasteiger partial charge < -0.3 is 5.32 Å². The molecule has 7 heteroatoms. The van der Waals surface area contributed by atoms with Crippen LogP contribution in [0.25, 0.3) is 0 Å². The third kappa shape index (κ3) is 3.61. The molecule has 1 aromatic rings. The highest BCUT2D eigenvalue weighted by atomic mass is 32.2. The second-order valence-corrected chi connectivity index (χ2v) is 7.02. The molecule has 1 aliphatic rings. The first-order valence-corrected chi connectivity index (χ1v) is 8.33. The summed E-state index contributed by atoms with van der Waals surface area (Å²) in [5, 5.41) is 2.94. The quantitative estimate of drug-likeness (QED) is 0.837. The second-order valence-electron chi connectivity index (χ2n) is 5.08. The van der Waals surface area contributed by atoms with Gasteiger partial charge in [0.05, 0.1) is 12.0 Å². The lowest BCUT2D eigenvalue weighted by molar-refractivity contribution is -0.0258. The molecule has 2 rings (SSSR count). The maximum Gasteiger partial charge on any atom is 0.264 e. The summed E-state index contributed by atoms with van der Waals surface area (Å²) < 4.78 is 25.1. The van der Waals surface area contributed by atoms with E-state index in [0.717, 1.165) is 30.2 Å². The Hall–Kier alpha value is -1.44. The molecule has 0 bridgehead atoms. The molecule has 116 valence electrons. The van der Waals surface area contributed by atoms with Crippen LogP contribution in [0.4, 0.5) is 0 Å². The van der Waals surface area contributed by atoms with Crippen LogP contribution in [0.15, 0.2) is 29.2 Å². The summed E-state index contributed by atoms with van der Waals surface area (Å²) in [6.07, 6.45) is 4.21. The maximum absolute atomic E-state index is 12.2. The molecule has 1 fully saturated rings. The Labute approximate surface area is 125 Å². The highest BCUT2D eigenvalue weighted by Gasteiger charge is 2.23. The fraction of sp³-hybridized carbons (Fsp3) is 0.500. The van der Waals surface area contributed by atoms with E-state index in [4.69, 9.17) is 4.84 Å². The van der Waals surface area contributed by atoms with Crippen LogP contribution in [-0.4, -0.2) is 39.0 Å². The molecule has 6 nitrogen and oxygen atoms in total. The Morgan fingerprint density at radius 3 is 2.62 bits per heavy atom. The zero-order valence-corrected chi connectivity index (χ0v) is 13.0. The van der Waals surface area contributed by atoms with Crippen molar-refractivity contribution in [3.8, 4) is 0 Å². The molecule has 0 spiro atoms. The Kier molecular flexibility index (Phi) is 4.97. The Bertz CT molecular complexity index is 609. The molecule has 0 aliphatic heterocycles. The van der Waals surface area contributed by atoms with E-state index in [1.807, 2.05) is 0 Å². The number of amides is 1. The third-order valence-electron chi connectivity index (χ3n) is 3.68. The number of carbonyl (C=O) groups is 1. The lowest BCUT2D eigenvalue weighted by atomic mass is 10.2. The molecular weight excluding hydrogens is 292 g/mol. The van der Waals surface area contributed by atoms with Crippen molar-refractivity contribution in [1.82, 2.24) is 9.79 Å². The van der Waals surface area contributed by atoms with Crippen LogP contribution in [0.3, 0.4) is 0 Å². The van der Waals surface area contributed by atoms with E-state index >= 15 is 0 Å². The van der Waals surface area contributed by atoms with Gasteiger partial charge in [0.1, 0.15) is 0 Å². The second kappa shape index (κ2) is 6.55. The third-order valence-corrected chi connectivity index (χ3v) is 5.36. The van der Waals surface area contributed by atoms with Crippen LogP contribution in [0.2, 0.25) is 0 Å². The van der Waals surface area contributed by atoms with Crippen LogP contribution < -0.4 is 5.32 Å². The van der Waals surface area contributed by atoms with Crippen molar-refractivity contribution < 1.29 is 18.0 Å². The number of hydrogen-bond donors (Lipinski definition) is 1. The first kappa shape index (κ1) is 15.9. The molecule has 1 amide bonds. The number of nitrogens with one attached hydrogen (secondary N) is 1. The standard InChI is InChI=1S/C14H20N2O4S/c1-16(20-2)21(18,19)13-9-5-6-11(10-13)14(17)15-12-7-3-4-8-12/h5-6,9-10,12H,3-4,7-8H2,1-2H3,(H,15,17). The van der Waals surface area contributed by atoms with Crippen molar-refractivity contribution in [2.75, 3.05) is 14.2 Å². The van der Waals surface area contributed by atoms with Gasteiger partial charge in [-0.05, 0) is 31.0 Å². The van der Waals surface area contributed by atoms with Crippen molar-refractivity contribution in [3.63, 3.8) is 0 Å². The molecule has 0 aromatic heterocycles. The van der Waals surface area contributed by atoms with Crippen LogP contribution in [-0.2, 0) is 14.9 Å². The molecule has 0 unspecified atom stereocenters. The van der Waals surface area contributed by atoms with Gasteiger partial charge in [0, 0.05) is 18.7 Å². The van der Waals surface area contributed by atoms with Gasteiger partial charge in [-0.2, -0.15) is 0 Å². The Balaban J connectivity index is 2.19. The molecule has 21 heavy (non-hydrogen) atoms. The van der Waals surface area contributed by atoms with Crippen molar-refractivity contribution in [2.45, 2.75) is 36.6 Å². The predicted molar refractivity (Wildman–Crippen MR) is 78.1 cm³/mol. The fourth-order valence-corrected chi connectivity index (χ4v) is 3.40. The largest absolute Gasteiger partial charge is 0.349 e. The van der Waals surface area contributed by atoms with Crippen LogP contribution in [0.5, 0.6) is 0 Å². The lowest BCUT2D eigenvalue weighted by Crippen LogP contribution is -2.32. The Morgan fingerprint density at radius 1 is 1.33 bits per heavy atom. The van der Waals surface area contributed by atoms with Crippen LogP contribution >= 0.6 is 0 Å². The first-order chi connectivity index (χ1) is 9.95. The van der Waals surface area contributed by atoms with Gasteiger partial charge in [0.2, 0.25) is 0 Å². The van der Waals surface area contributed by atoms with Gasteiger partial charge >= 0.3 is 0 Å². The van der Waals surface area contributed by atoms with Gasteiger partial charge in [-0.25, -0.2) is 8.42 Å². The van der Waals surface area contributed by atoms with Crippen LogP contribution in [0, 0.1) is 0 Å². The minimum Gasteiger partial charge on any atom is -0.349 e. The summed E-state index contributed by atoms with van der Waals surface area (Å²) in [4.78, 5) is 16.9. The minimum absolute atomic E-state index is 0.0333. The fourth-order valence-electron chi connectivity index (χ4n) is 2.38. The summed E-state index contributed by atoms with van der Waals surface area (Å²) in [7, 11) is -1.16. The minimum atomic E-state index is -3.74. The summed E-state index contributed by atoms with van der Waals surface area (Å²) in [6, 6.07) is 6.17. The van der Waals surface area contributed by atoms with Gasteiger partial charge in [-0.15, -0.1) is 0 Å². The highest BCUT2D eigenvalue weighted by Crippen LogP contribution is 2.19. The van der Waals surface area contributed by atoms with Crippen molar-refractivity contribution >= 4 is 15.9 Å². The van der Waals surface area contributed by atoms with Gasteiger partial charge in [0.15, 0.2) is 0 Å². The zero-order chi connectivity index (χ0) is 15.5. The number of hydrogen-bond acceptors (Lipinski definition) is 4. The van der Waals surface area contributed by atoms with E-state index in [9.17, 15) is 13.2 Å². The number of nitrogens with zero attached hydrogens (tertiary/aromatic N) is 1. The van der Waals surface area contributed by atoms with E-state index in [0.29, 0.717) is 5.56 Å². The topological polar surface area (TPSA) is 75.7 Å². The van der Waals surface area contributed by atoms with E-state index in [2.05, 4.69) is 5.32 Å². The first-order valence-electron chi connectivity index (χ1n) is 6.89. The van der Waals surface area contributed by atoms with E-state index < -0.39 is 10.0 Å². The monoisotopic (exact) mass is 312 g/mol. The van der Waals surface area contributed by atoms with E-state index in [1.54, 1.807) is 12.1 Å². The predicted octanol–water partition coefficient (Wildman–Crippen LogP) is 1.54. The summed E-state index contributed by atoms with van der Waals surface area (Å²) >= 11 is 0. The van der Waals surface area contributed by atoms with Gasteiger partial charge in [0.25, 0.3) is 15.9 Å². The molecule has 1 N–H and O–H groups in total. The normalized spacial score (nSPS) is 16.3. The molecule has 0 heterocycles. The van der Waals surface area contributed by atoms with E-state index in [-0.39, 0.29) is 16.8 Å². The molecule has 0 atom stereocenters. The number of sulfonamides is 1. The molecule has 1 saturated carbocycles. The van der Waals surface area contributed by atoms with Crippen LogP contribution in [0.1, 0.15) is 36.0 Å². The number of carbonyl (C=O) groups excluding carboxylic acids is 1. The van der Waals surface area contributed by atoms with E-state index in [1.165, 1.54) is 26.3 Å². The Morgan fingerprint density at radius 2 is 2.00 bits per heavy atom. The molecule has 0 saturated heterocycles. The molecule has 0 radical (unpaired) electrons. The SMILES string of the molecule is CON(C)S(=O)(=O)c1cccc(C(=O)NC2CCCC2)c1. The summed E-state index contributed by atoms with van der Waals surface area (Å²) in [5.41, 5.74) is 0.340. The maximum atomic E-state index is 12.2. The van der Waals surface area contributed by atoms with Gasteiger partial charge in [-0.1, -0.05) is 23.4 Å². The average Bonchev–Trinajstić information content (AvgIpc) is 2.99. The smallest absolute Gasteiger partial charge is 0.264 e. The van der Waals surface area contributed by atoms with Crippen molar-refractivity contribution in [2.24, 2.45) is 0 Å². The van der Waals surface area contributed by atoms with Gasteiger partial charge in [-0.3, -0.25) is 9.63 Å².